The van der Waals surface area contributed by atoms with E-state index in [-0.39, 0.29) is 35.9 Å². The third-order valence-corrected chi connectivity index (χ3v) is 6.74. The van der Waals surface area contributed by atoms with Gasteiger partial charge in [-0.05, 0) is 43.2 Å². The van der Waals surface area contributed by atoms with Crippen molar-refractivity contribution in [3.05, 3.63) is 35.1 Å². The number of amides is 2. The van der Waals surface area contributed by atoms with Gasteiger partial charge < -0.3 is 10.2 Å². The Labute approximate surface area is 186 Å². The summed E-state index contributed by atoms with van der Waals surface area (Å²) in [6.45, 7) is 1.95. The van der Waals surface area contributed by atoms with Gasteiger partial charge in [-0.3, -0.25) is 14.4 Å². The van der Waals surface area contributed by atoms with Crippen LogP contribution in [0.2, 0.25) is 0 Å². The summed E-state index contributed by atoms with van der Waals surface area (Å²) in [6.07, 6.45) is 3.05. The highest BCUT2D eigenvalue weighted by molar-refractivity contribution is 5.98. The van der Waals surface area contributed by atoms with E-state index < -0.39 is 36.0 Å². The first-order chi connectivity index (χ1) is 15.3. The van der Waals surface area contributed by atoms with E-state index >= 15 is 4.39 Å². The van der Waals surface area contributed by atoms with Gasteiger partial charge in [0.1, 0.15) is 5.82 Å². The molecule has 1 aliphatic heterocycles. The van der Waals surface area contributed by atoms with Crippen molar-refractivity contribution in [3.8, 4) is 0 Å². The van der Waals surface area contributed by atoms with Crippen LogP contribution in [0.25, 0.3) is 0 Å². The Kier molecular flexibility index (Phi) is 8.32. The molecule has 0 bridgehead atoms. The fourth-order valence-electron chi connectivity index (χ4n) is 4.98. The Balaban J connectivity index is 1.78. The predicted octanol–water partition coefficient (Wildman–Crippen LogP) is 4.45. The molecular formula is C24H31F3N2O3. The van der Waals surface area contributed by atoms with Crippen molar-refractivity contribution in [1.82, 2.24) is 10.2 Å². The first kappa shape index (κ1) is 24.3. The molecule has 2 unspecified atom stereocenters. The predicted molar refractivity (Wildman–Crippen MR) is 114 cm³/mol. The van der Waals surface area contributed by atoms with E-state index in [2.05, 4.69) is 5.32 Å². The third kappa shape index (κ3) is 5.51. The fraction of sp³-hybridized carbons (Fsp3) is 0.625. The molecule has 0 radical (unpaired) electrons. The number of nitrogens with one attached hydrogen (secondary N) is 1. The number of hydrogen-bond donors (Lipinski definition) is 1. The van der Waals surface area contributed by atoms with Crippen molar-refractivity contribution in [2.24, 2.45) is 5.92 Å². The maximum Gasteiger partial charge on any atom is 0.315 e. The molecule has 2 fully saturated rings. The molecule has 1 aromatic carbocycles. The molecule has 32 heavy (non-hydrogen) atoms. The molecule has 176 valence electrons. The van der Waals surface area contributed by atoms with Crippen LogP contribution in [0.5, 0.6) is 0 Å². The van der Waals surface area contributed by atoms with Crippen molar-refractivity contribution in [1.29, 1.82) is 0 Å². The number of Topliss-reactive ketones (excluding diaryl/α,β-unsaturated/α-hetero) is 1. The summed E-state index contributed by atoms with van der Waals surface area (Å²) in [7, 11) is 0. The zero-order valence-electron chi connectivity index (χ0n) is 18.4. The second-order valence-corrected chi connectivity index (χ2v) is 8.80. The Hall–Kier alpha value is -2.38. The zero-order chi connectivity index (χ0) is 23.3. The highest BCUT2D eigenvalue weighted by Crippen LogP contribution is 2.31. The van der Waals surface area contributed by atoms with Crippen molar-refractivity contribution >= 4 is 17.6 Å². The largest absolute Gasteiger partial charge is 0.342 e. The number of benzene rings is 1. The minimum absolute atomic E-state index is 0.00974. The highest BCUT2D eigenvalue weighted by atomic mass is 19.3. The molecule has 1 saturated carbocycles. The molecule has 1 N–H and O–H groups in total. The molecule has 8 heteroatoms. The Bertz CT molecular complexity index is 840. The topological polar surface area (TPSA) is 66.5 Å². The van der Waals surface area contributed by atoms with Gasteiger partial charge in [0.05, 0.1) is 11.6 Å². The van der Waals surface area contributed by atoms with E-state index in [1.54, 1.807) is 13.0 Å². The Morgan fingerprint density at radius 2 is 1.81 bits per heavy atom. The lowest BCUT2D eigenvalue weighted by Crippen LogP contribution is -2.46. The van der Waals surface area contributed by atoms with Crippen molar-refractivity contribution in [2.75, 3.05) is 13.1 Å². The molecular weight excluding hydrogens is 421 g/mol. The summed E-state index contributed by atoms with van der Waals surface area (Å²) < 4.78 is 41.0. The highest BCUT2D eigenvalue weighted by Gasteiger charge is 2.33. The van der Waals surface area contributed by atoms with Crippen LogP contribution in [0.4, 0.5) is 13.2 Å². The van der Waals surface area contributed by atoms with Gasteiger partial charge in [-0.25, -0.2) is 4.39 Å². The number of carbonyl (C=O) groups is 3. The second-order valence-electron chi connectivity index (χ2n) is 8.80. The summed E-state index contributed by atoms with van der Waals surface area (Å²) in [6, 6.07) is 3.82. The number of piperidine rings is 1. The molecule has 1 heterocycles. The van der Waals surface area contributed by atoms with Crippen molar-refractivity contribution < 1.29 is 27.6 Å². The van der Waals surface area contributed by atoms with E-state index in [1.807, 2.05) is 0 Å². The van der Waals surface area contributed by atoms with E-state index in [4.69, 9.17) is 0 Å². The summed E-state index contributed by atoms with van der Waals surface area (Å²) >= 11 is 0. The number of rotatable bonds is 7. The minimum Gasteiger partial charge on any atom is -0.342 e. The van der Waals surface area contributed by atoms with Gasteiger partial charge in [-0.2, -0.15) is 8.78 Å². The van der Waals surface area contributed by atoms with Crippen LogP contribution in [-0.4, -0.2) is 48.1 Å². The van der Waals surface area contributed by atoms with Gasteiger partial charge in [-0.1, -0.05) is 38.3 Å². The smallest absolute Gasteiger partial charge is 0.315 e. The zero-order valence-corrected chi connectivity index (χ0v) is 18.4. The first-order valence-corrected chi connectivity index (χ1v) is 11.5. The lowest BCUT2D eigenvalue weighted by molar-refractivity contribution is -0.144. The van der Waals surface area contributed by atoms with Crippen molar-refractivity contribution in [3.63, 3.8) is 0 Å². The molecule has 1 aromatic rings. The molecule has 3 rings (SSSR count). The fourth-order valence-corrected chi connectivity index (χ4v) is 4.98. The van der Waals surface area contributed by atoms with E-state index in [9.17, 15) is 23.2 Å². The number of carbonyl (C=O) groups excluding carboxylic acids is 3. The lowest BCUT2D eigenvalue weighted by atomic mass is 9.81. The maximum atomic E-state index is 15.4. The van der Waals surface area contributed by atoms with Gasteiger partial charge in [0.2, 0.25) is 0 Å². The molecule has 1 saturated heterocycles. The standard InChI is InChI=1S/C24H31F3N2O3/c1-2-19(30)21(15-8-4-3-5-9-15)28-23(31)18-12-6-11-17(20(18)25)16-10-7-13-29(14-16)24(32)22(26)27/h6,11-12,15-16,21-22H,2-5,7-10,13-14H2,1H3,(H,28,31). The average molecular weight is 453 g/mol. The minimum atomic E-state index is -3.09. The number of alkyl halides is 2. The number of nitrogens with zero attached hydrogens (tertiary/aromatic N) is 1. The SMILES string of the molecule is CCC(=O)C(NC(=O)c1cccc(C2CCCN(C(=O)C(F)F)C2)c1F)C1CCCCC1. The lowest BCUT2D eigenvalue weighted by Gasteiger charge is -2.33. The van der Waals surface area contributed by atoms with Crippen LogP contribution < -0.4 is 5.32 Å². The van der Waals surface area contributed by atoms with E-state index in [1.165, 1.54) is 12.1 Å². The normalized spacial score (nSPS) is 20.8. The summed E-state index contributed by atoms with van der Waals surface area (Å²) in [5.41, 5.74) is 0.0740. The quantitative estimate of drug-likeness (QED) is 0.665. The van der Waals surface area contributed by atoms with Gasteiger partial charge in [0, 0.05) is 25.4 Å². The molecule has 2 atom stereocenters. The van der Waals surface area contributed by atoms with Crippen LogP contribution in [0, 0.1) is 11.7 Å². The molecule has 0 aromatic heterocycles. The molecule has 0 spiro atoms. The summed E-state index contributed by atoms with van der Waals surface area (Å²) in [5, 5.41) is 2.77. The van der Waals surface area contributed by atoms with Crippen LogP contribution in [0.1, 0.15) is 80.1 Å². The maximum absolute atomic E-state index is 15.4. The number of ketones is 1. The summed E-state index contributed by atoms with van der Waals surface area (Å²) in [5.74, 6) is -3.08. The third-order valence-electron chi connectivity index (χ3n) is 6.74. The van der Waals surface area contributed by atoms with Gasteiger partial charge in [-0.15, -0.1) is 0 Å². The monoisotopic (exact) mass is 452 g/mol. The Morgan fingerprint density at radius 1 is 1.09 bits per heavy atom. The number of likely N-dealkylation sites (tertiary alicyclic amines) is 1. The molecule has 5 nitrogen and oxygen atoms in total. The first-order valence-electron chi connectivity index (χ1n) is 11.5. The molecule has 2 amide bonds. The van der Waals surface area contributed by atoms with Gasteiger partial charge in [0.15, 0.2) is 5.78 Å². The van der Waals surface area contributed by atoms with Crippen LogP contribution >= 0.6 is 0 Å². The van der Waals surface area contributed by atoms with Crippen LogP contribution in [0.15, 0.2) is 18.2 Å². The number of hydrogen-bond acceptors (Lipinski definition) is 3. The summed E-state index contributed by atoms with van der Waals surface area (Å²) in [4.78, 5) is 38.2. The molecule has 1 aliphatic carbocycles. The Morgan fingerprint density at radius 3 is 2.47 bits per heavy atom. The van der Waals surface area contributed by atoms with Gasteiger partial charge in [0.25, 0.3) is 11.8 Å². The average Bonchev–Trinajstić information content (AvgIpc) is 2.82. The molecule has 2 aliphatic rings. The van der Waals surface area contributed by atoms with Crippen LogP contribution in [-0.2, 0) is 9.59 Å². The van der Waals surface area contributed by atoms with Gasteiger partial charge >= 0.3 is 6.43 Å². The van der Waals surface area contributed by atoms with Crippen LogP contribution in [0.3, 0.4) is 0 Å². The van der Waals surface area contributed by atoms with E-state index in [0.717, 1.165) is 37.0 Å². The van der Waals surface area contributed by atoms with Crippen molar-refractivity contribution in [2.45, 2.75) is 76.7 Å². The number of halogens is 3. The van der Waals surface area contributed by atoms with E-state index in [0.29, 0.717) is 19.3 Å². The second kappa shape index (κ2) is 11.0.